The molecule has 0 fully saturated rings. The van der Waals surface area contributed by atoms with Gasteiger partial charge in [0.25, 0.3) is 0 Å². The number of nitrogens with one attached hydrogen (secondary N) is 1. The quantitative estimate of drug-likeness (QED) is 0.632. The van der Waals surface area contributed by atoms with E-state index in [0.29, 0.717) is 17.0 Å². The lowest BCUT2D eigenvalue weighted by atomic mass is 9.98. The molecule has 0 saturated carbocycles. The third-order valence-electron chi connectivity index (χ3n) is 3.22. The molecule has 3 N–H and O–H groups in total. The van der Waals surface area contributed by atoms with Gasteiger partial charge in [-0.2, -0.15) is 0 Å². The number of hydrogen-bond acceptors (Lipinski definition) is 2. The highest BCUT2D eigenvalue weighted by Crippen LogP contribution is 2.25. The van der Waals surface area contributed by atoms with Crippen molar-refractivity contribution in [3.05, 3.63) is 68.4 Å². The van der Waals surface area contributed by atoms with E-state index >= 15 is 0 Å². The number of aryl methyl sites for hydroxylation is 1. The largest absolute Gasteiger partial charge is 0.271 e. The zero-order chi connectivity index (χ0) is 14.7. The Hall–Kier alpha value is -0.940. The van der Waals surface area contributed by atoms with Gasteiger partial charge in [0.05, 0.1) is 6.04 Å². The van der Waals surface area contributed by atoms with Gasteiger partial charge in [-0.1, -0.05) is 45.7 Å². The van der Waals surface area contributed by atoms with Crippen LogP contribution in [0.15, 0.2) is 40.9 Å². The molecule has 0 aliphatic rings. The predicted octanol–water partition coefficient (Wildman–Crippen LogP) is 4.30. The number of rotatable bonds is 4. The normalized spacial score (nSPS) is 12.4. The molecule has 2 nitrogen and oxygen atoms in total. The fourth-order valence-corrected chi connectivity index (χ4v) is 2.47. The van der Waals surface area contributed by atoms with Gasteiger partial charge in [0.15, 0.2) is 0 Å². The Morgan fingerprint density at radius 2 is 2.05 bits per heavy atom. The van der Waals surface area contributed by atoms with Crippen LogP contribution >= 0.6 is 27.5 Å². The summed E-state index contributed by atoms with van der Waals surface area (Å²) in [6.07, 6.45) is 0.459. The molecule has 1 unspecified atom stereocenters. The Morgan fingerprint density at radius 3 is 2.65 bits per heavy atom. The molecule has 20 heavy (non-hydrogen) atoms. The summed E-state index contributed by atoms with van der Waals surface area (Å²) in [6, 6.07) is 10.5. The molecular weight excluding hydrogens is 343 g/mol. The number of halogens is 3. The molecule has 5 heteroatoms. The predicted molar refractivity (Wildman–Crippen MR) is 84.1 cm³/mol. The molecule has 0 saturated heterocycles. The van der Waals surface area contributed by atoms with E-state index in [0.717, 1.165) is 15.6 Å². The first-order valence-corrected chi connectivity index (χ1v) is 7.34. The lowest BCUT2D eigenvalue weighted by Crippen LogP contribution is -2.29. The Bertz CT molecular complexity index is 619. The van der Waals surface area contributed by atoms with Crippen LogP contribution in [-0.4, -0.2) is 0 Å². The van der Waals surface area contributed by atoms with Crippen LogP contribution in [0.25, 0.3) is 0 Å². The number of nitrogens with two attached hydrogens (primary N) is 1. The fraction of sp³-hybridized carbons (Fsp3) is 0.200. The van der Waals surface area contributed by atoms with Crippen LogP contribution in [0.4, 0.5) is 4.39 Å². The van der Waals surface area contributed by atoms with Crippen molar-refractivity contribution in [2.24, 2.45) is 5.84 Å². The topological polar surface area (TPSA) is 38.0 Å². The Labute approximate surface area is 131 Å². The van der Waals surface area contributed by atoms with Crippen LogP contribution in [0, 0.1) is 12.7 Å². The first-order valence-electron chi connectivity index (χ1n) is 6.17. The lowest BCUT2D eigenvalue weighted by molar-refractivity contribution is 0.529. The molecule has 0 aliphatic carbocycles. The van der Waals surface area contributed by atoms with Gasteiger partial charge in [0, 0.05) is 9.50 Å². The highest BCUT2D eigenvalue weighted by atomic mass is 79.9. The lowest BCUT2D eigenvalue weighted by Gasteiger charge is -2.18. The van der Waals surface area contributed by atoms with Crippen molar-refractivity contribution in [2.75, 3.05) is 0 Å². The van der Waals surface area contributed by atoms with Crippen LogP contribution in [0.5, 0.6) is 0 Å². The van der Waals surface area contributed by atoms with Gasteiger partial charge in [0.1, 0.15) is 5.82 Å². The molecule has 0 spiro atoms. The monoisotopic (exact) mass is 356 g/mol. The minimum absolute atomic E-state index is 0.155. The zero-order valence-electron chi connectivity index (χ0n) is 11.0. The van der Waals surface area contributed by atoms with Gasteiger partial charge >= 0.3 is 0 Å². The Morgan fingerprint density at radius 1 is 1.30 bits per heavy atom. The van der Waals surface area contributed by atoms with Crippen LogP contribution in [-0.2, 0) is 6.42 Å². The van der Waals surface area contributed by atoms with Gasteiger partial charge < -0.3 is 0 Å². The third kappa shape index (κ3) is 3.58. The summed E-state index contributed by atoms with van der Waals surface area (Å²) in [4.78, 5) is 0. The molecule has 106 valence electrons. The SMILES string of the molecule is Cc1cc(C(Cc2ccc(Cl)cc2F)NN)ccc1Br. The van der Waals surface area contributed by atoms with Gasteiger partial charge in [0.2, 0.25) is 0 Å². The van der Waals surface area contributed by atoms with Crippen LogP contribution in [0.2, 0.25) is 5.02 Å². The van der Waals surface area contributed by atoms with Crippen LogP contribution in [0.3, 0.4) is 0 Å². The highest BCUT2D eigenvalue weighted by molar-refractivity contribution is 9.10. The summed E-state index contributed by atoms with van der Waals surface area (Å²) in [5.74, 6) is 5.30. The van der Waals surface area contributed by atoms with Gasteiger partial charge in [-0.25, -0.2) is 4.39 Å². The third-order valence-corrected chi connectivity index (χ3v) is 4.35. The van der Waals surface area contributed by atoms with Crippen LogP contribution in [0.1, 0.15) is 22.7 Å². The summed E-state index contributed by atoms with van der Waals surface area (Å²) in [5, 5.41) is 0.392. The zero-order valence-corrected chi connectivity index (χ0v) is 13.3. The molecule has 0 bridgehead atoms. The molecule has 0 heterocycles. The van der Waals surface area contributed by atoms with Gasteiger partial charge in [-0.15, -0.1) is 0 Å². The molecule has 2 aromatic carbocycles. The fourth-order valence-electron chi connectivity index (χ4n) is 2.06. The molecule has 0 aromatic heterocycles. The number of benzene rings is 2. The average Bonchev–Trinajstić information content (AvgIpc) is 2.41. The molecule has 0 radical (unpaired) electrons. The maximum atomic E-state index is 13.8. The molecular formula is C15H15BrClFN2. The van der Waals surface area contributed by atoms with E-state index in [1.165, 1.54) is 6.07 Å². The van der Waals surface area contributed by atoms with E-state index < -0.39 is 0 Å². The minimum atomic E-state index is -0.313. The second kappa shape index (κ2) is 6.68. The van der Waals surface area contributed by atoms with Crippen molar-refractivity contribution in [1.82, 2.24) is 5.43 Å². The molecule has 2 aromatic rings. The second-order valence-corrected chi connectivity index (χ2v) is 5.96. The molecule has 1 atom stereocenters. The number of hydrogen-bond donors (Lipinski definition) is 2. The van der Waals surface area contributed by atoms with E-state index in [9.17, 15) is 4.39 Å². The van der Waals surface area contributed by atoms with Crippen molar-refractivity contribution in [3.8, 4) is 0 Å². The van der Waals surface area contributed by atoms with Crippen molar-refractivity contribution in [1.29, 1.82) is 0 Å². The molecule has 0 amide bonds. The summed E-state index contributed by atoms with van der Waals surface area (Å²) >= 11 is 9.22. The van der Waals surface area contributed by atoms with Crippen molar-refractivity contribution in [2.45, 2.75) is 19.4 Å². The molecule has 0 aliphatic heterocycles. The van der Waals surface area contributed by atoms with Crippen molar-refractivity contribution >= 4 is 27.5 Å². The van der Waals surface area contributed by atoms with Crippen molar-refractivity contribution in [3.63, 3.8) is 0 Å². The minimum Gasteiger partial charge on any atom is -0.271 e. The summed E-state index contributed by atoms with van der Waals surface area (Å²) in [6.45, 7) is 2.00. The van der Waals surface area contributed by atoms with E-state index in [4.69, 9.17) is 17.4 Å². The first kappa shape index (κ1) is 15.4. The average molecular weight is 358 g/mol. The van der Waals surface area contributed by atoms with E-state index in [1.54, 1.807) is 12.1 Å². The summed E-state index contributed by atoms with van der Waals surface area (Å²) in [7, 11) is 0. The highest BCUT2D eigenvalue weighted by Gasteiger charge is 2.14. The molecule has 2 rings (SSSR count). The number of hydrazine groups is 1. The maximum Gasteiger partial charge on any atom is 0.127 e. The van der Waals surface area contributed by atoms with Gasteiger partial charge in [-0.3, -0.25) is 11.3 Å². The van der Waals surface area contributed by atoms with Gasteiger partial charge in [-0.05, 0) is 48.2 Å². The Kier molecular flexibility index (Phi) is 5.16. The second-order valence-electron chi connectivity index (χ2n) is 4.67. The smallest absolute Gasteiger partial charge is 0.127 e. The van der Waals surface area contributed by atoms with E-state index in [-0.39, 0.29) is 11.9 Å². The van der Waals surface area contributed by atoms with Crippen LogP contribution < -0.4 is 11.3 Å². The summed E-state index contributed by atoms with van der Waals surface area (Å²) < 4.78 is 14.9. The van der Waals surface area contributed by atoms with E-state index in [2.05, 4.69) is 21.4 Å². The first-order chi connectivity index (χ1) is 9.51. The standard InChI is InChI=1S/C15H15BrClFN2/c1-9-6-11(3-5-13(9)16)15(20-19)7-10-2-4-12(17)8-14(10)18/h2-6,8,15,20H,7,19H2,1H3. The Balaban J connectivity index is 2.26. The van der Waals surface area contributed by atoms with E-state index in [1.807, 2.05) is 25.1 Å². The summed E-state index contributed by atoms with van der Waals surface area (Å²) in [5.41, 5.74) is 5.45. The van der Waals surface area contributed by atoms with Crippen molar-refractivity contribution < 1.29 is 4.39 Å². The maximum absolute atomic E-state index is 13.8.